The zero-order valence-electron chi connectivity index (χ0n) is 12.7. The van der Waals surface area contributed by atoms with Crippen molar-refractivity contribution in [2.24, 2.45) is 0 Å². The molecule has 1 saturated heterocycles. The molecule has 0 bridgehead atoms. The Morgan fingerprint density at radius 2 is 2.18 bits per heavy atom. The molecule has 0 aromatic carbocycles. The molecule has 2 heterocycles. The zero-order chi connectivity index (χ0) is 16.5. The average Bonchev–Trinajstić information content (AvgIpc) is 2.94. The molecule has 1 aromatic rings. The van der Waals surface area contributed by atoms with Crippen molar-refractivity contribution >= 4 is 12.1 Å². The number of ether oxygens (including phenoxy) is 1. The number of rotatable bonds is 3. The Labute approximate surface area is 126 Å². The Morgan fingerprint density at radius 3 is 2.73 bits per heavy atom. The summed E-state index contributed by atoms with van der Waals surface area (Å²) in [5, 5.41) is 15.8. The third-order valence-electron chi connectivity index (χ3n) is 3.16. The summed E-state index contributed by atoms with van der Waals surface area (Å²) in [6.07, 6.45) is 0.741. The quantitative estimate of drug-likeness (QED) is 0.904. The number of nitrogens with zero attached hydrogens (tertiary/aromatic N) is 4. The van der Waals surface area contributed by atoms with Gasteiger partial charge in [0.25, 0.3) is 0 Å². The minimum Gasteiger partial charge on any atom is -0.476 e. The summed E-state index contributed by atoms with van der Waals surface area (Å²) >= 11 is 0. The largest absolute Gasteiger partial charge is 0.476 e. The van der Waals surface area contributed by atoms with Crippen LogP contribution >= 0.6 is 0 Å². The lowest BCUT2D eigenvalue weighted by Crippen LogP contribution is -2.39. The van der Waals surface area contributed by atoms with Crippen molar-refractivity contribution in [1.29, 1.82) is 0 Å². The molecular weight excluding hydrogens is 295 g/mol. The monoisotopic (exact) mass is 314 g/mol. The summed E-state index contributed by atoms with van der Waals surface area (Å²) < 4.78 is 21.1. The van der Waals surface area contributed by atoms with Gasteiger partial charge in [0, 0.05) is 13.0 Å². The average molecular weight is 314 g/mol. The smallest absolute Gasteiger partial charge is 0.410 e. The van der Waals surface area contributed by atoms with E-state index in [1.165, 1.54) is 11.1 Å². The maximum absolute atomic E-state index is 14.8. The lowest BCUT2D eigenvalue weighted by molar-refractivity contribution is 0.0248. The van der Waals surface area contributed by atoms with Gasteiger partial charge in [-0.25, -0.2) is 18.7 Å². The summed E-state index contributed by atoms with van der Waals surface area (Å²) in [7, 11) is 0. The van der Waals surface area contributed by atoms with Gasteiger partial charge >= 0.3 is 12.1 Å². The van der Waals surface area contributed by atoms with Crippen molar-refractivity contribution in [2.75, 3.05) is 13.1 Å². The minimum absolute atomic E-state index is 0.121. The molecule has 1 N–H and O–H groups in total. The van der Waals surface area contributed by atoms with Crippen LogP contribution in [-0.4, -0.2) is 61.4 Å². The number of halogens is 1. The highest BCUT2D eigenvalue weighted by atomic mass is 19.1. The number of alkyl halides is 1. The molecule has 9 heteroatoms. The Bertz CT molecular complexity index is 583. The normalized spacial score (nSPS) is 21.9. The number of hydrogen-bond donors (Lipinski definition) is 1. The number of aromatic nitrogens is 3. The standard InChI is InChI=1S/C13H19FN4O4/c1-12(2,3)22-11(21)17-5-4-13(14,7-17)8-18-6-9(10(19)20)15-16-18/h6H,4-5,7-8H2,1-3H3,(H,19,20). The fourth-order valence-corrected chi connectivity index (χ4v) is 2.21. The predicted octanol–water partition coefficient (Wildman–Crippen LogP) is 1.33. The number of carbonyl (C=O) groups excluding carboxylic acids is 1. The van der Waals surface area contributed by atoms with Gasteiger partial charge in [-0.3, -0.25) is 0 Å². The van der Waals surface area contributed by atoms with Crippen molar-refractivity contribution in [1.82, 2.24) is 19.9 Å². The zero-order valence-corrected chi connectivity index (χ0v) is 12.7. The predicted molar refractivity (Wildman–Crippen MR) is 73.2 cm³/mol. The van der Waals surface area contributed by atoms with Crippen molar-refractivity contribution in [2.45, 2.75) is 45.0 Å². The van der Waals surface area contributed by atoms with Crippen LogP contribution < -0.4 is 0 Å². The first-order chi connectivity index (χ1) is 10.1. The molecule has 1 amide bonds. The summed E-state index contributed by atoms with van der Waals surface area (Å²) in [5.41, 5.74) is -2.56. The second-order valence-electron chi connectivity index (χ2n) is 6.41. The topological polar surface area (TPSA) is 97.5 Å². The molecule has 22 heavy (non-hydrogen) atoms. The molecular formula is C13H19FN4O4. The van der Waals surface area contributed by atoms with E-state index in [4.69, 9.17) is 9.84 Å². The Morgan fingerprint density at radius 1 is 1.50 bits per heavy atom. The van der Waals surface area contributed by atoms with Gasteiger partial charge in [-0.2, -0.15) is 0 Å². The highest BCUT2D eigenvalue weighted by molar-refractivity contribution is 5.84. The molecule has 0 aliphatic carbocycles. The van der Waals surface area contributed by atoms with Crippen LogP contribution in [0.4, 0.5) is 9.18 Å². The van der Waals surface area contributed by atoms with E-state index in [-0.39, 0.29) is 31.7 Å². The van der Waals surface area contributed by atoms with Gasteiger partial charge in [-0.15, -0.1) is 5.10 Å². The first-order valence-corrected chi connectivity index (χ1v) is 6.88. The molecule has 0 spiro atoms. The second-order valence-corrected chi connectivity index (χ2v) is 6.41. The molecule has 1 fully saturated rings. The van der Waals surface area contributed by atoms with Crippen LogP contribution in [0.1, 0.15) is 37.7 Å². The van der Waals surface area contributed by atoms with Crippen LogP contribution in [0.2, 0.25) is 0 Å². The molecule has 2 rings (SSSR count). The number of aromatic carboxylic acids is 1. The Balaban J connectivity index is 1.97. The molecule has 0 radical (unpaired) electrons. The van der Waals surface area contributed by atoms with Crippen LogP contribution in [0, 0.1) is 0 Å². The molecule has 1 aromatic heterocycles. The van der Waals surface area contributed by atoms with E-state index < -0.39 is 23.3 Å². The van der Waals surface area contributed by atoms with Crippen LogP contribution in [0.15, 0.2) is 6.20 Å². The molecule has 1 aliphatic heterocycles. The maximum Gasteiger partial charge on any atom is 0.410 e. The van der Waals surface area contributed by atoms with Gasteiger partial charge in [0.2, 0.25) is 0 Å². The van der Waals surface area contributed by atoms with E-state index in [9.17, 15) is 14.0 Å². The van der Waals surface area contributed by atoms with Crippen molar-refractivity contribution in [3.05, 3.63) is 11.9 Å². The van der Waals surface area contributed by atoms with Crippen molar-refractivity contribution in [3.8, 4) is 0 Å². The highest BCUT2D eigenvalue weighted by Crippen LogP contribution is 2.28. The number of hydrogen-bond acceptors (Lipinski definition) is 5. The first-order valence-electron chi connectivity index (χ1n) is 6.88. The van der Waals surface area contributed by atoms with Crippen LogP contribution in [0.5, 0.6) is 0 Å². The van der Waals surface area contributed by atoms with Gasteiger partial charge < -0.3 is 14.7 Å². The SMILES string of the molecule is CC(C)(C)OC(=O)N1CCC(F)(Cn2cc(C(=O)O)nn2)C1. The third-order valence-corrected chi connectivity index (χ3v) is 3.16. The number of carbonyl (C=O) groups is 2. The Kier molecular flexibility index (Phi) is 4.08. The van der Waals surface area contributed by atoms with Gasteiger partial charge in [0.1, 0.15) is 11.3 Å². The molecule has 1 atom stereocenters. The van der Waals surface area contributed by atoms with Crippen molar-refractivity contribution in [3.63, 3.8) is 0 Å². The number of likely N-dealkylation sites (tertiary alicyclic amines) is 1. The second kappa shape index (κ2) is 5.54. The van der Waals surface area contributed by atoms with Gasteiger partial charge in [-0.05, 0) is 20.8 Å². The Hall–Kier alpha value is -2.19. The van der Waals surface area contributed by atoms with Crippen molar-refractivity contribution < 1.29 is 23.8 Å². The molecule has 0 saturated carbocycles. The van der Waals surface area contributed by atoms with E-state index in [2.05, 4.69) is 10.3 Å². The molecule has 1 unspecified atom stereocenters. The fraction of sp³-hybridized carbons (Fsp3) is 0.692. The molecule has 122 valence electrons. The summed E-state index contributed by atoms with van der Waals surface area (Å²) in [4.78, 5) is 24.0. The van der Waals surface area contributed by atoms with E-state index in [1.807, 2.05) is 0 Å². The van der Waals surface area contributed by atoms with E-state index in [0.29, 0.717) is 0 Å². The highest BCUT2D eigenvalue weighted by Gasteiger charge is 2.42. The van der Waals surface area contributed by atoms with Crippen LogP contribution in [0.25, 0.3) is 0 Å². The summed E-state index contributed by atoms with van der Waals surface area (Å²) in [5.74, 6) is -1.22. The van der Waals surface area contributed by atoms with Gasteiger partial charge in [-0.1, -0.05) is 5.21 Å². The maximum atomic E-state index is 14.8. The van der Waals surface area contributed by atoms with Crippen LogP contribution in [-0.2, 0) is 11.3 Å². The lowest BCUT2D eigenvalue weighted by atomic mass is 10.1. The van der Waals surface area contributed by atoms with E-state index >= 15 is 0 Å². The number of amides is 1. The van der Waals surface area contributed by atoms with Gasteiger partial charge in [0.05, 0.1) is 19.3 Å². The van der Waals surface area contributed by atoms with E-state index in [0.717, 1.165) is 4.68 Å². The molecule has 1 aliphatic rings. The number of carboxylic acids is 1. The molecule has 8 nitrogen and oxygen atoms in total. The van der Waals surface area contributed by atoms with E-state index in [1.54, 1.807) is 20.8 Å². The fourth-order valence-electron chi connectivity index (χ4n) is 2.21. The minimum atomic E-state index is -1.68. The lowest BCUT2D eigenvalue weighted by Gasteiger charge is -2.25. The number of carboxylic acid groups (broad SMARTS) is 1. The van der Waals surface area contributed by atoms with Gasteiger partial charge in [0.15, 0.2) is 5.69 Å². The van der Waals surface area contributed by atoms with Crippen LogP contribution in [0.3, 0.4) is 0 Å². The summed E-state index contributed by atoms with van der Waals surface area (Å²) in [6.45, 7) is 5.19. The third kappa shape index (κ3) is 3.92. The summed E-state index contributed by atoms with van der Waals surface area (Å²) in [6, 6.07) is 0. The first kappa shape index (κ1) is 16.2.